The number of anilines is 1. The number of fused-ring (bicyclic) bond motifs is 3. The molecule has 3 aliphatic carbocycles. The number of amides is 2. The number of aryl methyl sites for hydroxylation is 1. The first-order valence-corrected chi connectivity index (χ1v) is 13.7. The van der Waals surface area contributed by atoms with Crippen molar-refractivity contribution in [2.24, 2.45) is 5.92 Å². The molecule has 7 nitrogen and oxygen atoms in total. The Morgan fingerprint density at radius 2 is 1.81 bits per heavy atom. The number of benzene rings is 2. The van der Waals surface area contributed by atoms with Gasteiger partial charge in [-0.2, -0.15) is 0 Å². The average Bonchev–Trinajstić information content (AvgIpc) is 3.45. The summed E-state index contributed by atoms with van der Waals surface area (Å²) >= 11 is 6.45. The Balaban J connectivity index is 1.35. The summed E-state index contributed by atoms with van der Waals surface area (Å²) in [5.41, 5.74) is 3.89. The molecule has 3 unspecified atom stereocenters. The van der Waals surface area contributed by atoms with Gasteiger partial charge in [-0.15, -0.1) is 0 Å². The number of halogens is 1. The molecular formula is C29H31ClN2O5. The molecule has 0 saturated heterocycles. The Morgan fingerprint density at radius 1 is 1.00 bits per heavy atom. The molecule has 4 atom stereocenters. The second kappa shape index (κ2) is 9.67. The minimum atomic E-state index is -0.971. The van der Waals surface area contributed by atoms with Crippen LogP contribution in [0.3, 0.4) is 0 Å². The maximum absolute atomic E-state index is 13.8. The minimum absolute atomic E-state index is 0.0184. The molecule has 0 bridgehead atoms. The first-order chi connectivity index (χ1) is 17.9. The van der Waals surface area contributed by atoms with Crippen LogP contribution in [0.25, 0.3) is 0 Å². The van der Waals surface area contributed by atoms with Crippen LogP contribution in [0.15, 0.2) is 42.5 Å². The first kappa shape index (κ1) is 24.3. The van der Waals surface area contributed by atoms with Crippen molar-refractivity contribution in [3.05, 3.63) is 64.2 Å². The zero-order valence-corrected chi connectivity index (χ0v) is 21.4. The molecule has 8 heteroatoms. The zero-order valence-electron chi connectivity index (χ0n) is 20.6. The summed E-state index contributed by atoms with van der Waals surface area (Å²) < 4.78 is 6.15. The normalized spacial score (nSPS) is 25.7. The molecule has 2 saturated carbocycles. The number of carbonyl (C=O) groups is 3. The van der Waals surface area contributed by atoms with Crippen molar-refractivity contribution < 1.29 is 24.2 Å². The number of aliphatic carboxylic acids is 1. The predicted octanol–water partition coefficient (Wildman–Crippen LogP) is 6.05. The molecule has 194 valence electrons. The number of hydrogen-bond donors (Lipinski definition) is 1. The largest absolute Gasteiger partial charge is 0.481 e. The lowest BCUT2D eigenvalue weighted by atomic mass is 9.81. The average molecular weight is 523 g/mol. The van der Waals surface area contributed by atoms with Crippen molar-refractivity contribution in [3.63, 3.8) is 0 Å². The smallest absolute Gasteiger partial charge is 0.415 e. The van der Waals surface area contributed by atoms with Gasteiger partial charge in [0.15, 0.2) is 0 Å². The van der Waals surface area contributed by atoms with Crippen molar-refractivity contribution in [1.82, 2.24) is 4.90 Å². The lowest BCUT2D eigenvalue weighted by Crippen LogP contribution is -2.53. The molecule has 2 aromatic carbocycles. The maximum atomic E-state index is 13.8. The lowest BCUT2D eigenvalue weighted by molar-refractivity contribution is -0.142. The molecule has 1 aliphatic heterocycles. The summed E-state index contributed by atoms with van der Waals surface area (Å²) in [6.45, 7) is 0. The standard InChI is InChI=1S/C29H31ClN2O5/c30-18-9-12-22-24(16-18)32(29(36)37-25-13-8-17-4-1-2-5-20(17)25)23-7-3-6-21(23)28(22)31(19-10-11-19)26(33)14-15-27(34)35/h1-2,4-5,9,12,16,19,21,23,25,28H,3,6-8,10-11,13-15H2,(H,34,35)/t21?,23?,25-,28?/m1/s1. The predicted molar refractivity (Wildman–Crippen MR) is 139 cm³/mol. The summed E-state index contributed by atoms with van der Waals surface area (Å²) in [5.74, 6) is -1.03. The van der Waals surface area contributed by atoms with E-state index in [4.69, 9.17) is 16.3 Å². The minimum Gasteiger partial charge on any atom is -0.481 e. The van der Waals surface area contributed by atoms with E-state index < -0.39 is 5.97 Å². The molecule has 2 aromatic rings. The Morgan fingerprint density at radius 3 is 2.59 bits per heavy atom. The van der Waals surface area contributed by atoms with E-state index in [1.54, 1.807) is 4.90 Å². The van der Waals surface area contributed by atoms with Crippen LogP contribution in [0.1, 0.15) is 80.2 Å². The molecule has 1 N–H and O–H groups in total. The fourth-order valence-corrected chi connectivity index (χ4v) is 6.90. The van der Waals surface area contributed by atoms with Gasteiger partial charge in [0.1, 0.15) is 6.10 Å². The van der Waals surface area contributed by atoms with Crippen LogP contribution < -0.4 is 4.90 Å². The van der Waals surface area contributed by atoms with E-state index in [1.165, 1.54) is 5.56 Å². The number of hydrogen-bond acceptors (Lipinski definition) is 4. The van der Waals surface area contributed by atoms with Gasteiger partial charge in [-0.25, -0.2) is 4.79 Å². The number of nitrogens with zero attached hydrogens (tertiary/aromatic N) is 2. The third-order valence-electron chi connectivity index (χ3n) is 8.44. The van der Waals surface area contributed by atoms with Gasteiger partial charge in [0.25, 0.3) is 0 Å². The molecule has 0 aromatic heterocycles. The SMILES string of the molecule is O=C(O)CCC(=O)N(C1CC1)C1c2ccc(Cl)cc2N(C(=O)O[C@@H]2CCc3ccccc32)C2CCCC21. The van der Waals surface area contributed by atoms with Gasteiger partial charge in [-0.05, 0) is 67.3 Å². The molecular weight excluding hydrogens is 492 g/mol. The second-order valence-electron chi connectivity index (χ2n) is 10.7. The Kier molecular flexibility index (Phi) is 6.35. The fraction of sp³-hybridized carbons (Fsp3) is 0.483. The number of rotatable bonds is 6. The molecule has 4 aliphatic rings. The number of carboxylic acids is 1. The summed E-state index contributed by atoms with van der Waals surface area (Å²) in [4.78, 5) is 42.2. The van der Waals surface area contributed by atoms with Gasteiger partial charge < -0.3 is 14.7 Å². The van der Waals surface area contributed by atoms with E-state index in [0.29, 0.717) is 10.7 Å². The van der Waals surface area contributed by atoms with E-state index in [0.717, 1.165) is 56.1 Å². The Bertz CT molecular complexity index is 1240. The quantitative estimate of drug-likeness (QED) is 0.499. The molecule has 6 rings (SSSR count). The van der Waals surface area contributed by atoms with Crippen molar-refractivity contribution in [2.45, 2.75) is 82.0 Å². The van der Waals surface area contributed by atoms with Gasteiger partial charge in [0, 0.05) is 29.4 Å². The van der Waals surface area contributed by atoms with Crippen LogP contribution in [0, 0.1) is 5.92 Å². The summed E-state index contributed by atoms with van der Waals surface area (Å²) in [7, 11) is 0. The number of carboxylic acid groups (broad SMARTS) is 1. The van der Waals surface area contributed by atoms with Crippen LogP contribution in [0.5, 0.6) is 0 Å². The zero-order chi connectivity index (χ0) is 25.7. The lowest BCUT2D eigenvalue weighted by Gasteiger charge is -2.47. The highest BCUT2D eigenvalue weighted by atomic mass is 35.5. The monoisotopic (exact) mass is 522 g/mol. The van der Waals surface area contributed by atoms with E-state index in [-0.39, 0.29) is 55.0 Å². The van der Waals surface area contributed by atoms with Crippen molar-refractivity contribution in [2.75, 3.05) is 4.90 Å². The third kappa shape index (κ3) is 4.48. The Labute approximate surface area is 221 Å². The van der Waals surface area contributed by atoms with Crippen LogP contribution in [0.2, 0.25) is 5.02 Å². The maximum Gasteiger partial charge on any atom is 0.415 e. The third-order valence-corrected chi connectivity index (χ3v) is 8.67. The van der Waals surface area contributed by atoms with E-state index in [9.17, 15) is 19.5 Å². The number of ether oxygens (including phenoxy) is 1. The molecule has 2 fully saturated rings. The highest BCUT2D eigenvalue weighted by Crippen LogP contribution is 2.53. The van der Waals surface area contributed by atoms with Crippen molar-refractivity contribution in [1.29, 1.82) is 0 Å². The van der Waals surface area contributed by atoms with Crippen molar-refractivity contribution >= 4 is 35.3 Å². The van der Waals surface area contributed by atoms with Crippen LogP contribution in [0.4, 0.5) is 10.5 Å². The molecule has 0 spiro atoms. The fourth-order valence-electron chi connectivity index (χ4n) is 6.73. The van der Waals surface area contributed by atoms with Crippen molar-refractivity contribution in [3.8, 4) is 0 Å². The van der Waals surface area contributed by atoms with Crippen LogP contribution in [-0.4, -0.2) is 40.1 Å². The molecule has 2 amide bonds. The van der Waals surface area contributed by atoms with Gasteiger partial charge in [-0.1, -0.05) is 48.4 Å². The highest BCUT2D eigenvalue weighted by molar-refractivity contribution is 6.31. The van der Waals surface area contributed by atoms with Gasteiger partial charge in [-0.3, -0.25) is 14.5 Å². The summed E-state index contributed by atoms with van der Waals surface area (Å²) in [6, 6.07) is 13.5. The topological polar surface area (TPSA) is 87.2 Å². The van der Waals surface area contributed by atoms with Gasteiger partial charge in [0.05, 0.1) is 18.2 Å². The van der Waals surface area contributed by atoms with E-state index in [2.05, 4.69) is 6.07 Å². The van der Waals surface area contributed by atoms with Gasteiger partial charge in [0.2, 0.25) is 5.91 Å². The van der Waals surface area contributed by atoms with E-state index in [1.807, 2.05) is 41.3 Å². The van der Waals surface area contributed by atoms with Crippen LogP contribution in [-0.2, 0) is 20.7 Å². The van der Waals surface area contributed by atoms with Crippen LogP contribution >= 0.6 is 11.6 Å². The second-order valence-corrected chi connectivity index (χ2v) is 11.2. The molecule has 37 heavy (non-hydrogen) atoms. The molecule has 0 radical (unpaired) electrons. The molecule has 1 heterocycles. The summed E-state index contributed by atoms with van der Waals surface area (Å²) in [5, 5.41) is 9.70. The first-order valence-electron chi connectivity index (χ1n) is 13.3. The number of carbonyl (C=O) groups excluding carboxylic acids is 2. The Hall–Kier alpha value is -3.06. The van der Waals surface area contributed by atoms with Gasteiger partial charge >= 0.3 is 12.1 Å². The highest BCUT2D eigenvalue weighted by Gasteiger charge is 2.52. The summed E-state index contributed by atoms with van der Waals surface area (Å²) in [6.07, 6.45) is 5.32. The van der Waals surface area contributed by atoms with E-state index >= 15 is 0 Å².